The SMILES string of the molecule is Cc1cc(Nc2ccc(Br)c(S(=O)(=O)C3CCOC3)c2)nn1C1CCCCO1. The second-order valence-electron chi connectivity index (χ2n) is 7.24. The Morgan fingerprint density at radius 3 is 2.79 bits per heavy atom. The van der Waals surface area contributed by atoms with E-state index < -0.39 is 15.1 Å². The highest BCUT2D eigenvalue weighted by Crippen LogP contribution is 2.32. The van der Waals surface area contributed by atoms with Crippen molar-refractivity contribution in [3.63, 3.8) is 0 Å². The minimum absolute atomic E-state index is 0.0347. The van der Waals surface area contributed by atoms with E-state index in [-0.39, 0.29) is 17.7 Å². The fourth-order valence-corrected chi connectivity index (χ4v) is 6.24. The molecule has 9 heteroatoms. The van der Waals surface area contributed by atoms with E-state index in [2.05, 4.69) is 26.3 Å². The van der Waals surface area contributed by atoms with Crippen LogP contribution in [0.2, 0.25) is 0 Å². The number of ether oxygens (including phenoxy) is 2. The van der Waals surface area contributed by atoms with Crippen molar-refractivity contribution in [3.8, 4) is 0 Å². The van der Waals surface area contributed by atoms with Crippen molar-refractivity contribution < 1.29 is 17.9 Å². The number of aromatic nitrogens is 2. The maximum Gasteiger partial charge on any atom is 0.184 e. The summed E-state index contributed by atoms with van der Waals surface area (Å²) in [4.78, 5) is 0.278. The summed E-state index contributed by atoms with van der Waals surface area (Å²) in [6, 6.07) is 7.18. The molecule has 28 heavy (non-hydrogen) atoms. The predicted molar refractivity (Wildman–Crippen MR) is 110 cm³/mol. The van der Waals surface area contributed by atoms with Gasteiger partial charge in [-0.15, -0.1) is 0 Å². The quantitative estimate of drug-likeness (QED) is 0.713. The lowest BCUT2D eigenvalue weighted by Gasteiger charge is -2.23. The predicted octanol–water partition coefficient (Wildman–Crippen LogP) is 3.96. The number of rotatable bonds is 5. The maximum atomic E-state index is 13.0. The molecule has 2 unspecified atom stereocenters. The molecule has 152 valence electrons. The van der Waals surface area contributed by atoms with Crippen molar-refractivity contribution in [1.82, 2.24) is 9.78 Å². The van der Waals surface area contributed by atoms with E-state index in [0.29, 0.717) is 29.0 Å². The molecule has 2 aromatic rings. The van der Waals surface area contributed by atoms with Gasteiger partial charge in [0.1, 0.15) is 0 Å². The summed E-state index contributed by atoms with van der Waals surface area (Å²) in [6.45, 7) is 3.48. The Balaban J connectivity index is 1.57. The number of anilines is 2. The first-order chi connectivity index (χ1) is 13.4. The van der Waals surface area contributed by atoms with Crippen LogP contribution in [0.15, 0.2) is 33.6 Å². The smallest absolute Gasteiger partial charge is 0.184 e. The van der Waals surface area contributed by atoms with Crippen molar-refractivity contribution >= 4 is 37.3 Å². The largest absolute Gasteiger partial charge is 0.380 e. The Labute approximate surface area is 173 Å². The zero-order chi connectivity index (χ0) is 19.7. The van der Waals surface area contributed by atoms with Gasteiger partial charge in [0.25, 0.3) is 0 Å². The van der Waals surface area contributed by atoms with Gasteiger partial charge in [0.15, 0.2) is 21.9 Å². The van der Waals surface area contributed by atoms with Crippen LogP contribution < -0.4 is 5.32 Å². The van der Waals surface area contributed by atoms with Crippen LogP contribution in [0.25, 0.3) is 0 Å². The first-order valence-electron chi connectivity index (χ1n) is 9.51. The summed E-state index contributed by atoms with van der Waals surface area (Å²) in [5, 5.41) is 7.35. The fourth-order valence-electron chi connectivity index (χ4n) is 3.64. The van der Waals surface area contributed by atoms with Gasteiger partial charge in [-0.25, -0.2) is 13.1 Å². The van der Waals surface area contributed by atoms with Gasteiger partial charge in [-0.2, -0.15) is 5.10 Å². The van der Waals surface area contributed by atoms with Crippen molar-refractivity contribution in [3.05, 3.63) is 34.4 Å². The van der Waals surface area contributed by atoms with Crippen LogP contribution >= 0.6 is 15.9 Å². The number of hydrogen-bond acceptors (Lipinski definition) is 6. The molecule has 1 aromatic heterocycles. The highest BCUT2D eigenvalue weighted by Gasteiger charge is 2.32. The van der Waals surface area contributed by atoms with Crippen molar-refractivity contribution in [1.29, 1.82) is 0 Å². The van der Waals surface area contributed by atoms with Crippen LogP contribution in [0.5, 0.6) is 0 Å². The summed E-state index contributed by atoms with van der Waals surface area (Å²) < 4.78 is 39.4. The van der Waals surface area contributed by atoms with E-state index in [1.165, 1.54) is 0 Å². The average Bonchev–Trinajstić information content (AvgIpc) is 3.34. The molecule has 0 aliphatic carbocycles. The van der Waals surface area contributed by atoms with Gasteiger partial charge in [-0.05, 0) is 66.7 Å². The molecule has 2 atom stereocenters. The van der Waals surface area contributed by atoms with Crippen LogP contribution in [-0.2, 0) is 19.3 Å². The monoisotopic (exact) mass is 469 g/mol. The van der Waals surface area contributed by atoms with E-state index in [0.717, 1.165) is 31.6 Å². The molecule has 1 N–H and O–H groups in total. The molecular weight excluding hydrogens is 446 g/mol. The number of nitrogens with one attached hydrogen (secondary N) is 1. The third kappa shape index (κ3) is 3.98. The first-order valence-corrected chi connectivity index (χ1v) is 11.8. The third-order valence-electron chi connectivity index (χ3n) is 5.19. The molecule has 2 fully saturated rings. The Bertz CT molecular complexity index is 948. The number of hydrogen-bond donors (Lipinski definition) is 1. The highest BCUT2D eigenvalue weighted by molar-refractivity contribution is 9.10. The molecule has 0 saturated carbocycles. The molecule has 2 saturated heterocycles. The van der Waals surface area contributed by atoms with Crippen molar-refractivity contribution in [2.45, 2.75) is 49.0 Å². The second-order valence-corrected chi connectivity index (χ2v) is 10.3. The summed E-state index contributed by atoms with van der Waals surface area (Å²) in [7, 11) is -3.46. The van der Waals surface area contributed by atoms with Gasteiger partial charge < -0.3 is 14.8 Å². The zero-order valence-electron chi connectivity index (χ0n) is 15.7. The molecule has 3 heterocycles. The van der Waals surface area contributed by atoms with Crippen LogP contribution in [0, 0.1) is 6.92 Å². The Morgan fingerprint density at radius 1 is 1.21 bits per heavy atom. The van der Waals surface area contributed by atoms with Gasteiger partial charge in [0, 0.05) is 35.1 Å². The molecule has 0 bridgehead atoms. The second kappa shape index (κ2) is 8.14. The van der Waals surface area contributed by atoms with E-state index in [1.807, 2.05) is 23.7 Å². The highest BCUT2D eigenvalue weighted by atomic mass is 79.9. The van der Waals surface area contributed by atoms with Crippen LogP contribution in [0.3, 0.4) is 0 Å². The number of benzene rings is 1. The van der Waals surface area contributed by atoms with Gasteiger partial charge in [-0.1, -0.05) is 0 Å². The Morgan fingerprint density at radius 2 is 2.07 bits per heavy atom. The molecule has 7 nitrogen and oxygen atoms in total. The zero-order valence-corrected chi connectivity index (χ0v) is 18.1. The standard InChI is InChI=1S/C19H24BrN3O4S/c1-13-10-18(22-23(13)19-4-2-3-8-27-19)21-14-5-6-16(20)17(11-14)28(24,25)15-7-9-26-12-15/h5-6,10-11,15,19H,2-4,7-9,12H2,1H3,(H,21,22). The fraction of sp³-hybridized carbons (Fsp3) is 0.526. The molecule has 2 aliphatic heterocycles. The topological polar surface area (TPSA) is 82.5 Å². The number of halogens is 1. The summed E-state index contributed by atoms with van der Waals surface area (Å²) in [6.07, 6.45) is 3.66. The van der Waals surface area contributed by atoms with E-state index in [4.69, 9.17) is 9.47 Å². The number of aryl methyl sites for hydroxylation is 1. The average molecular weight is 470 g/mol. The van der Waals surface area contributed by atoms with Crippen LogP contribution in [0.4, 0.5) is 11.5 Å². The van der Waals surface area contributed by atoms with Gasteiger partial charge in [-0.3, -0.25) is 0 Å². The molecule has 0 spiro atoms. The normalized spacial score (nSPS) is 23.1. The van der Waals surface area contributed by atoms with Gasteiger partial charge in [0.05, 0.1) is 16.8 Å². The lowest BCUT2D eigenvalue weighted by Crippen LogP contribution is -2.22. The van der Waals surface area contributed by atoms with Gasteiger partial charge >= 0.3 is 0 Å². The minimum Gasteiger partial charge on any atom is -0.380 e. The summed E-state index contributed by atoms with van der Waals surface area (Å²) in [5.41, 5.74) is 1.68. The summed E-state index contributed by atoms with van der Waals surface area (Å²) in [5.74, 6) is 0.668. The summed E-state index contributed by atoms with van der Waals surface area (Å²) >= 11 is 3.38. The third-order valence-corrected chi connectivity index (χ3v) is 8.34. The van der Waals surface area contributed by atoms with Crippen molar-refractivity contribution in [2.24, 2.45) is 0 Å². The molecule has 2 aliphatic rings. The molecule has 0 amide bonds. The molecular formula is C19H24BrN3O4S. The van der Waals surface area contributed by atoms with Crippen LogP contribution in [-0.4, -0.2) is 43.3 Å². The Kier molecular flexibility index (Phi) is 5.78. The maximum absolute atomic E-state index is 13.0. The van der Waals surface area contributed by atoms with E-state index >= 15 is 0 Å². The van der Waals surface area contributed by atoms with Crippen LogP contribution in [0.1, 0.15) is 37.6 Å². The lowest BCUT2D eigenvalue weighted by molar-refractivity contribution is -0.0404. The Hall–Kier alpha value is -1.42. The molecule has 0 radical (unpaired) electrons. The number of sulfone groups is 1. The lowest BCUT2D eigenvalue weighted by atomic mass is 10.2. The molecule has 1 aromatic carbocycles. The van der Waals surface area contributed by atoms with Crippen molar-refractivity contribution in [2.75, 3.05) is 25.1 Å². The number of nitrogens with zero attached hydrogens (tertiary/aromatic N) is 2. The van der Waals surface area contributed by atoms with Gasteiger partial charge in [0.2, 0.25) is 0 Å². The first kappa shape index (κ1) is 19.9. The van der Waals surface area contributed by atoms with E-state index in [1.54, 1.807) is 12.1 Å². The van der Waals surface area contributed by atoms with E-state index in [9.17, 15) is 8.42 Å². The minimum atomic E-state index is -3.46. The molecule has 4 rings (SSSR count).